The second-order valence-electron chi connectivity index (χ2n) is 5.74. The van der Waals surface area contributed by atoms with Crippen LogP contribution in [0.4, 0.5) is 0 Å². The van der Waals surface area contributed by atoms with E-state index >= 15 is 0 Å². The third-order valence-electron chi connectivity index (χ3n) is 4.18. The van der Waals surface area contributed by atoms with Crippen LogP contribution in [-0.4, -0.2) is 40.7 Å². The number of aromatic amines is 1. The molecule has 0 amide bonds. The molecule has 1 fully saturated rings. The molecule has 0 saturated carbocycles. The predicted molar refractivity (Wildman–Crippen MR) is 88.7 cm³/mol. The zero-order valence-corrected chi connectivity index (χ0v) is 13.6. The van der Waals surface area contributed by atoms with Crippen LogP contribution in [0.1, 0.15) is 32.7 Å². The number of benzene rings is 1. The van der Waals surface area contributed by atoms with Crippen LogP contribution >= 0.6 is 12.2 Å². The number of nitrogens with one attached hydrogen (secondary N) is 1. The fourth-order valence-electron chi connectivity index (χ4n) is 3.26. The van der Waals surface area contributed by atoms with E-state index in [0.29, 0.717) is 12.6 Å². The maximum Gasteiger partial charge on any atom is 0.178 e. The molecule has 21 heavy (non-hydrogen) atoms. The number of hydrogen-bond acceptors (Lipinski definition) is 3. The third-order valence-corrected chi connectivity index (χ3v) is 4.47. The Morgan fingerprint density at radius 3 is 2.81 bits per heavy atom. The third kappa shape index (κ3) is 2.85. The van der Waals surface area contributed by atoms with E-state index in [1.807, 2.05) is 19.1 Å². The van der Waals surface area contributed by atoms with Gasteiger partial charge in [-0.15, -0.1) is 0 Å². The maximum atomic E-state index is 5.70. The van der Waals surface area contributed by atoms with Crippen LogP contribution in [0.2, 0.25) is 0 Å². The summed E-state index contributed by atoms with van der Waals surface area (Å²) in [4.78, 5) is 5.85. The van der Waals surface area contributed by atoms with Crippen molar-refractivity contribution in [1.29, 1.82) is 0 Å². The molecule has 1 aliphatic rings. The second-order valence-corrected chi connectivity index (χ2v) is 6.13. The number of aromatic nitrogens is 2. The highest BCUT2D eigenvalue weighted by Crippen LogP contribution is 2.27. The van der Waals surface area contributed by atoms with Gasteiger partial charge in [0, 0.05) is 12.6 Å². The van der Waals surface area contributed by atoms with Crippen molar-refractivity contribution in [2.75, 3.05) is 26.2 Å². The average Bonchev–Trinajstić information content (AvgIpc) is 3.06. The number of hydrogen-bond donors (Lipinski definition) is 1. The molecule has 0 spiro atoms. The molecular weight excluding hydrogens is 282 g/mol. The molecule has 4 nitrogen and oxygen atoms in total. The highest BCUT2D eigenvalue weighted by molar-refractivity contribution is 7.71. The van der Waals surface area contributed by atoms with E-state index in [4.69, 9.17) is 17.0 Å². The SMILES string of the molecule is CCOc1cccc2c1[nH]c(=S)n2C(C)CN1CCCC1. The fourth-order valence-corrected chi connectivity index (χ4v) is 3.64. The van der Waals surface area contributed by atoms with Crippen LogP contribution in [0.25, 0.3) is 11.0 Å². The Morgan fingerprint density at radius 2 is 2.10 bits per heavy atom. The van der Waals surface area contributed by atoms with Crippen LogP contribution in [0.3, 0.4) is 0 Å². The highest BCUT2D eigenvalue weighted by Gasteiger charge is 2.18. The van der Waals surface area contributed by atoms with Gasteiger partial charge in [0.25, 0.3) is 0 Å². The van der Waals surface area contributed by atoms with Gasteiger partial charge in [-0.05, 0) is 64.1 Å². The van der Waals surface area contributed by atoms with E-state index in [1.54, 1.807) is 0 Å². The summed E-state index contributed by atoms with van der Waals surface area (Å²) in [6, 6.07) is 6.51. The van der Waals surface area contributed by atoms with Crippen LogP contribution < -0.4 is 4.74 Å². The summed E-state index contributed by atoms with van der Waals surface area (Å²) < 4.78 is 8.71. The standard InChI is InChI=1S/C16H23N3OS/c1-3-20-14-8-6-7-13-15(14)17-16(21)19(13)12(2)11-18-9-4-5-10-18/h6-8,12H,3-5,9-11H2,1-2H3,(H,17,21). The molecule has 0 aliphatic carbocycles. The molecule has 3 rings (SSSR count). The first-order valence-electron chi connectivity index (χ1n) is 7.79. The summed E-state index contributed by atoms with van der Waals surface area (Å²) in [5.41, 5.74) is 2.15. The van der Waals surface area contributed by atoms with E-state index in [1.165, 1.54) is 25.9 Å². The topological polar surface area (TPSA) is 33.2 Å². The largest absolute Gasteiger partial charge is 0.492 e. The van der Waals surface area contributed by atoms with E-state index < -0.39 is 0 Å². The zero-order chi connectivity index (χ0) is 14.8. The van der Waals surface area contributed by atoms with E-state index in [9.17, 15) is 0 Å². The summed E-state index contributed by atoms with van der Waals surface area (Å²) in [5.74, 6) is 0.883. The molecule has 114 valence electrons. The molecule has 1 aromatic heterocycles. The Labute approximate surface area is 130 Å². The van der Waals surface area contributed by atoms with Gasteiger partial charge in [-0.2, -0.15) is 0 Å². The lowest BCUT2D eigenvalue weighted by atomic mass is 10.2. The molecule has 2 aromatic rings. The molecular formula is C16H23N3OS. The summed E-state index contributed by atoms with van der Waals surface area (Å²) >= 11 is 5.55. The van der Waals surface area contributed by atoms with E-state index in [0.717, 1.165) is 28.1 Å². The number of likely N-dealkylation sites (tertiary alicyclic amines) is 1. The van der Waals surface area contributed by atoms with Crippen molar-refractivity contribution in [2.45, 2.75) is 32.7 Å². The fraction of sp³-hybridized carbons (Fsp3) is 0.562. The Kier molecular flexibility index (Phi) is 4.31. The van der Waals surface area contributed by atoms with Crippen molar-refractivity contribution in [1.82, 2.24) is 14.5 Å². The minimum atomic E-state index is 0.362. The Bertz CT molecular complexity index is 670. The number of para-hydroxylation sites is 1. The molecule has 1 saturated heterocycles. The number of nitrogens with zero attached hydrogens (tertiary/aromatic N) is 2. The van der Waals surface area contributed by atoms with Gasteiger partial charge in [0.15, 0.2) is 4.77 Å². The molecule has 1 aromatic carbocycles. The Hall–Kier alpha value is -1.33. The van der Waals surface area contributed by atoms with Crippen LogP contribution in [-0.2, 0) is 0 Å². The minimum absolute atomic E-state index is 0.362. The van der Waals surface area contributed by atoms with Gasteiger partial charge in [0.05, 0.1) is 12.1 Å². The zero-order valence-electron chi connectivity index (χ0n) is 12.8. The highest BCUT2D eigenvalue weighted by atomic mass is 32.1. The van der Waals surface area contributed by atoms with Crippen LogP contribution in [0, 0.1) is 4.77 Å². The summed E-state index contributed by atoms with van der Waals surface area (Å²) in [7, 11) is 0. The lowest BCUT2D eigenvalue weighted by molar-refractivity contribution is 0.289. The lowest BCUT2D eigenvalue weighted by Crippen LogP contribution is -2.27. The molecule has 1 atom stereocenters. The normalized spacial score (nSPS) is 17.4. The van der Waals surface area contributed by atoms with Crippen molar-refractivity contribution in [3.05, 3.63) is 23.0 Å². The number of H-pyrrole nitrogens is 1. The van der Waals surface area contributed by atoms with Crippen molar-refractivity contribution in [2.24, 2.45) is 0 Å². The van der Waals surface area contributed by atoms with Gasteiger partial charge in [0.1, 0.15) is 11.3 Å². The molecule has 1 unspecified atom stereocenters. The smallest absolute Gasteiger partial charge is 0.178 e. The molecule has 1 N–H and O–H groups in total. The number of ether oxygens (including phenoxy) is 1. The first kappa shape index (κ1) is 14.6. The van der Waals surface area contributed by atoms with Gasteiger partial charge in [-0.3, -0.25) is 0 Å². The van der Waals surface area contributed by atoms with E-state index in [2.05, 4.69) is 27.4 Å². The second kappa shape index (κ2) is 6.20. The first-order valence-corrected chi connectivity index (χ1v) is 8.20. The van der Waals surface area contributed by atoms with Gasteiger partial charge in [0.2, 0.25) is 0 Å². The van der Waals surface area contributed by atoms with Gasteiger partial charge in [-0.1, -0.05) is 6.07 Å². The van der Waals surface area contributed by atoms with E-state index in [-0.39, 0.29) is 0 Å². The molecule has 0 bridgehead atoms. The first-order chi connectivity index (χ1) is 10.2. The van der Waals surface area contributed by atoms with Gasteiger partial charge >= 0.3 is 0 Å². The summed E-state index contributed by atoms with van der Waals surface area (Å²) in [6.45, 7) is 8.39. The lowest BCUT2D eigenvalue weighted by Gasteiger charge is -2.22. The quantitative estimate of drug-likeness (QED) is 0.854. The molecule has 1 aliphatic heterocycles. The number of imidazole rings is 1. The molecule has 2 heterocycles. The van der Waals surface area contributed by atoms with Crippen LogP contribution in [0.15, 0.2) is 18.2 Å². The summed E-state index contributed by atoms with van der Waals surface area (Å²) in [5, 5.41) is 0. The monoisotopic (exact) mass is 305 g/mol. The van der Waals surface area contributed by atoms with Gasteiger partial charge < -0.3 is 19.2 Å². The van der Waals surface area contributed by atoms with Crippen molar-refractivity contribution in [3.8, 4) is 5.75 Å². The molecule has 5 heteroatoms. The van der Waals surface area contributed by atoms with Crippen molar-refractivity contribution < 1.29 is 4.74 Å². The number of rotatable bonds is 5. The van der Waals surface area contributed by atoms with Crippen molar-refractivity contribution in [3.63, 3.8) is 0 Å². The minimum Gasteiger partial charge on any atom is -0.492 e. The Morgan fingerprint density at radius 1 is 1.33 bits per heavy atom. The van der Waals surface area contributed by atoms with Gasteiger partial charge in [-0.25, -0.2) is 0 Å². The van der Waals surface area contributed by atoms with Crippen molar-refractivity contribution >= 4 is 23.3 Å². The van der Waals surface area contributed by atoms with Crippen LogP contribution in [0.5, 0.6) is 5.75 Å². The maximum absolute atomic E-state index is 5.70. The summed E-state index contributed by atoms with van der Waals surface area (Å²) in [6.07, 6.45) is 2.64. The predicted octanol–water partition coefficient (Wildman–Crippen LogP) is 3.75. The molecule has 0 radical (unpaired) electrons. The number of fused-ring (bicyclic) bond motifs is 1. The average molecular weight is 305 g/mol. The Balaban J connectivity index is 1.95.